The number of hydrogen-bond donors (Lipinski definition) is 2. The van der Waals surface area contributed by atoms with Crippen LogP contribution < -0.4 is 20.1 Å². The summed E-state index contributed by atoms with van der Waals surface area (Å²) in [6.07, 6.45) is 2.87. The van der Waals surface area contributed by atoms with Crippen LogP contribution in [0.1, 0.15) is 31.7 Å². The molecule has 1 amide bonds. The molecule has 1 aliphatic carbocycles. The van der Waals surface area contributed by atoms with E-state index in [0.29, 0.717) is 25.6 Å². The zero-order valence-corrected chi connectivity index (χ0v) is 12.8. The Morgan fingerprint density at radius 1 is 1.38 bits per heavy atom. The number of benzene rings is 1. The summed E-state index contributed by atoms with van der Waals surface area (Å²) in [7, 11) is 1.66. The maximum atomic E-state index is 11.4. The minimum Gasteiger partial charge on any atom is -0.497 e. The summed E-state index contributed by atoms with van der Waals surface area (Å²) >= 11 is 0. The lowest BCUT2D eigenvalue weighted by Gasteiger charge is -2.13. The lowest BCUT2D eigenvalue weighted by Crippen LogP contribution is -2.24. The van der Waals surface area contributed by atoms with Crippen LogP contribution in [0.5, 0.6) is 11.5 Å². The van der Waals surface area contributed by atoms with Crippen LogP contribution in [-0.4, -0.2) is 32.2 Å². The molecule has 0 spiro atoms. The van der Waals surface area contributed by atoms with Gasteiger partial charge in [0.05, 0.1) is 20.1 Å². The Balaban J connectivity index is 1.90. The molecule has 1 aliphatic rings. The van der Waals surface area contributed by atoms with Crippen molar-refractivity contribution in [1.29, 1.82) is 0 Å². The molecule has 21 heavy (non-hydrogen) atoms. The van der Waals surface area contributed by atoms with E-state index in [1.807, 2.05) is 25.1 Å². The lowest BCUT2D eigenvalue weighted by molar-refractivity contribution is -0.121. The van der Waals surface area contributed by atoms with Crippen LogP contribution in [0.3, 0.4) is 0 Å². The van der Waals surface area contributed by atoms with E-state index in [2.05, 4.69) is 10.6 Å². The van der Waals surface area contributed by atoms with Gasteiger partial charge in [-0.3, -0.25) is 4.79 Å². The van der Waals surface area contributed by atoms with Crippen LogP contribution in [0, 0.1) is 0 Å². The Labute approximate surface area is 126 Å². The van der Waals surface area contributed by atoms with E-state index >= 15 is 0 Å². The molecule has 0 heterocycles. The second-order valence-electron chi connectivity index (χ2n) is 5.18. The quantitative estimate of drug-likeness (QED) is 0.729. The van der Waals surface area contributed by atoms with Gasteiger partial charge >= 0.3 is 0 Å². The molecule has 2 rings (SSSR count). The van der Waals surface area contributed by atoms with Crippen molar-refractivity contribution in [2.75, 3.05) is 20.3 Å². The summed E-state index contributed by atoms with van der Waals surface area (Å²) in [5.41, 5.74) is 1.07. The van der Waals surface area contributed by atoms with Gasteiger partial charge in [0.1, 0.15) is 11.5 Å². The fourth-order valence-electron chi connectivity index (χ4n) is 2.04. The van der Waals surface area contributed by atoms with Crippen molar-refractivity contribution in [2.45, 2.75) is 38.8 Å². The van der Waals surface area contributed by atoms with Crippen molar-refractivity contribution in [2.24, 2.45) is 0 Å². The van der Waals surface area contributed by atoms with Crippen LogP contribution in [0.4, 0.5) is 0 Å². The van der Waals surface area contributed by atoms with Gasteiger partial charge in [0, 0.05) is 24.7 Å². The van der Waals surface area contributed by atoms with Crippen molar-refractivity contribution in [3.8, 4) is 11.5 Å². The molecule has 0 unspecified atom stereocenters. The predicted molar refractivity (Wildman–Crippen MR) is 81.7 cm³/mol. The van der Waals surface area contributed by atoms with Crippen LogP contribution in [-0.2, 0) is 11.3 Å². The number of nitrogens with one attached hydrogen (secondary N) is 2. The van der Waals surface area contributed by atoms with Crippen LogP contribution in [0.25, 0.3) is 0 Å². The second-order valence-corrected chi connectivity index (χ2v) is 5.18. The molecule has 0 aliphatic heterocycles. The molecular formula is C16H24N2O3. The van der Waals surface area contributed by atoms with Crippen molar-refractivity contribution < 1.29 is 14.3 Å². The van der Waals surface area contributed by atoms with E-state index in [0.717, 1.165) is 23.6 Å². The van der Waals surface area contributed by atoms with Gasteiger partial charge < -0.3 is 20.1 Å². The highest BCUT2D eigenvalue weighted by molar-refractivity contribution is 5.75. The molecule has 0 saturated heterocycles. The first-order valence-corrected chi connectivity index (χ1v) is 7.52. The van der Waals surface area contributed by atoms with Gasteiger partial charge in [0.15, 0.2) is 0 Å². The van der Waals surface area contributed by atoms with Crippen molar-refractivity contribution >= 4 is 5.91 Å². The van der Waals surface area contributed by atoms with Gasteiger partial charge in [-0.2, -0.15) is 0 Å². The number of methoxy groups -OCH3 is 1. The molecule has 116 valence electrons. The fourth-order valence-corrected chi connectivity index (χ4v) is 2.04. The smallest absolute Gasteiger partial charge is 0.223 e. The first kappa shape index (κ1) is 15.6. The average Bonchev–Trinajstić information content (AvgIpc) is 3.30. The summed E-state index contributed by atoms with van der Waals surface area (Å²) < 4.78 is 11.0. The number of ether oxygens (including phenoxy) is 2. The molecule has 1 fully saturated rings. The van der Waals surface area contributed by atoms with Gasteiger partial charge in [0.2, 0.25) is 5.91 Å². The third-order valence-corrected chi connectivity index (χ3v) is 3.39. The highest BCUT2D eigenvalue weighted by Gasteiger charge is 2.20. The van der Waals surface area contributed by atoms with Crippen LogP contribution >= 0.6 is 0 Å². The minimum absolute atomic E-state index is 0.0173. The van der Waals surface area contributed by atoms with Crippen molar-refractivity contribution in [1.82, 2.24) is 10.6 Å². The van der Waals surface area contributed by atoms with Crippen molar-refractivity contribution in [3.05, 3.63) is 23.8 Å². The second kappa shape index (κ2) is 7.88. The first-order chi connectivity index (χ1) is 10.2. The van der Waals surface area contributed by atoms with Crippen molar-refractivity contribution in [3.63, 3.8) is 0 Å². The normalized spacial score (nSPS) is 13.8. The van der Waals surface area contributed by atoms with Crippen LogP contribution in [0.15, 0.2) is 18.2 Å². The molecule has 5 nitrogen and oxygen atoms in total. The maximum absolute atomic E-state index is 11.4. The Bertz CT molecular complexity index is 473. The fraction of sp³-hybridized carbons (Fsp3) is 0.562. The molecular weight excluding hydrogens is 268 g/mol. The predicted octanol–water partition coefficient (Wildman–Crippen LogP) is 1.85. The largest absolute Gasteiger partial charge is 0.497 e. The van der Waals surface area contributed by atoms with Gasteiger partial charge in [0.25, 0.3) is 0 Å². The van der Waals surface area contributed by atoms with Crippen LogP contribution in [0.2, 0.25) is 0 Å². The maximum Gasteiger partial charge on any atom is 0.223 e. The topological polar surface area (TPSA) is 59.6 Å². The van der Waals surface area contributed by atoms with E-state index < -0.39 is 0 Å². The Kier molecular flexibility index (Phi) is 5.87. The standard InChI is InChI=1S/C16H24N2O3/c1-3-17-16(19)8-9-21-15-7-6-14(20-2)10-12(15)11-18-13-4-5-13/h6-7,10,13,18H,3-5,8-9,11H2,1-2H3,(H,17,19). The highest BCUT2D eigenvalue weighted by atomic mass is 16.5. The number of amides is 1. The van der Waals surface area contributed by atoms with E-state index in [4.69, 9.17) is 9.47 Å². The van der Waals surface area contributed by atoms with E-state index in [-0.39, 0.29) is 5.91 Å². The number of carbonyl (C=O) groups excluding carboxylic acids is 1. The zero-order valence-electron chi connectivity index (χ0n) is 12.8. The molecule has 0 aromatic heterocycles. The van der Waals surface area contributed by atoms with Gasteiger partial charge in [-0.25, -0.2) is 0 Å². The first-order valence-electron chi connectivity index (χ1n) is 7.52. The molecule has 1 aromatic carbocycles. The molecule has 2 N–H and O–H groups in total. The summed E-state index contributed by atoms with van der Waals surface area (Å²) in [5.74, 6) is 1.65. The minimum atomic E-state index is 0.0173. The van der Waals surface area contributed by atoms with E-state index in [9.17, 15) is 4.79 Å². The van der Waals surface area contributed by atoms with Gasteiger partial charge in [-0.1, -0.05) is 0 Å². The summed E-state index contributed by atoms with van der Waals surface area (Å²) in [6.45, 7) is 3.70. The molecule has 5 heteroatoms. The third-order valence-electron chi connectivity index (χ3n) is 3.39. The molecule has 0 bridgehead atoms. The summed E-state index contributed by atoms with van der Waals surface area (Å²) in [4.78, 5) is 11.4. The summed E-state index contributed by atoms with van der Waals surface area (Å²) in [6, 6.07) is 6.40. The SMILES string of the molecule is CCNC(=O)CCOc1ccc(OC)cc1CNC1CC1. The Hall–Kier alpha value is -1.75. The highest BCUT2D eigenvalue weighted by Crippen LogP contribution is 2.26. The Morgan fingerprint density at radius 3 is 2.86 bits per heavy atom. The summed E-state index contributed by atoms with van der Waals surface area (Å²) in [5, 5.41) is 6.23. The number of rotatable bonds is 9. The Morgan fingerprint density at radius 2 is 2.19 bits per heavy atom. The third kappa shape index (κ3) is 5.27. The molecule has 0 radical (unpaired) electrons. The van der Waals surface area contributed by atoms with Gasteiger partial charge in [-0.15, -0.1) is 0 Å². The number of hydrogen-bond acceptors (Lipinski definition) is 4. The van der Waals surface area contributed by atoms with E-state index in [1.54, 1.807) is 7.11 Å². The monoisotopic (exact) mass is 292 g/mol. The average molecular weight is 292 g/mol. The molecule has 1 saturated carbocycles. The molecule has 1 aromatic rings. The van der Waals surface area contributed by atoms with Gasteiger partial charge in [-0.05, 0) is 38.0 Å². The lowest BCUT2D eigenvalue weighted by atomic mass is 10.2. The zero-order chi connectivity index (χ0) is 15.1. The van der Waals surface area contributed by atoms with E-state index in [1.165, 1.54) is 12.8 Å². The number of carbonyl (C=O) groups is 1. The molecule has 0 atom stereocenters.